The first-order valence-electron chi connectivity index (χ1n) is 8.86. The van der Waals surface area contributed by atoms with Gasteiger partial charge < -0.3 is 15.2 Å². The second-order valence-electron chi connectivity index (χ2n) is 6.48. The number of hydrogen-bond donors (Lipinski definition) is 2. The molecule has 0 unspecified atom stereocenters. The van der Waals surface area contributed by atoms with E-state index in [1.165, 1.54) is 24.0 Å². The Morgan fingerprint density at radius 1 is 1.25 bits per heavy atom. The number of benzene rings is 1. The highest BCUT2D eigenvalue weighted by Gasteiger charge is 2.30. The summed E-state index contributed by atoms with van der Waals surface area (Å²) in [7, 11) is 1.33. The standard InChI is InChI=1S/C20H21NO5S2/c1-26-20(25)18-14-8-7-13(12-5-3-2-4-6-12)9-15(14)28-19(18)21-16(22)10-27-11-17(23)24/h2-6,13H,7-11H2,1H3,(H,21,22)(H,23,24)/t13-/m0/s1. The fraction of sp³-hybridized carbons (Fsp3) is 0.350. The molecule has 1 atom stereocenters. The van der Waals surface area contributed by atoms with Crippen molar-refractivity contribution in [3.63, 3.8) is 0 Å². The predicted octanol–water partition coefficient (Wildman–Crippen LogP) is 3.56. The Hall–Kier alpha value is -2.32. The van der Waals surface area contributed by atoms with Gasteiger partial charge in [0.2, 0.25) is 5.91 Å². The number of anilines is 1. The van der Waals surface area contributed by atoms with E-state index in [0.29, 0.717) is 16.5 Å². The van der Waals surface area contributed by atoms with Gasteiger partial charge in [-0.3, -0.25) is 9.59 Å². The quantitative estimate of drug-likeness (QED) is 0.667. The zero-order valence-corrected chi connectivity index (χ0v) is 17.0. The molecule has 3 rings (SSSR count). The number of fused-ring (bicyclic) bond motifs is 1. The first kappa shape index (κ1) is 20.4. The lowest BCUT2D eigenvalue weighted by Gasteiger charge is -2.22. The van der Waals surface area contributed by atoms with E-state index in [1.54, 1.807) is 0 Å². The van der Waals surface area contributed by atoms with Gasteiger partial charge in [-0.2, -0.15) is 0 Å². The molecule has 2 N–H and O–H groups in total. The Morgan fingerprint density at radius 2 is 2.00 bits per heavy atom. The molecule has 8 heteroatoms. The molecule has 0 fully saturated rings. The second-order valence-corrected chi connectivity index (χ2v) is 8.58. The van der Waals surface area contributed by atoms with Gasteiger partial charge in [0.1, 0.15) is 5.00 Å². The van der Waals surface area contributed by atoms with Crippen LogP contribution in [0, 0.1) is 0 Å². The summed E-state index contributed by atoms with van der Waals surface area (Å²) in [6.07, 6.45) is 2.50. The van der Waals surface area contributed by atoms with Gasteiger partial charge >= 0.3 is 11.9 Å². The molecular formula is C20H21NO5S2. The van der Waals surface area contributed by atoms with Gasteiger partial charge in [0.15, 0.2) is 0 Å². The minimum Gasteiger partial charge on any atom is -0.481 e. The van der Waals surface area contributed by atoms with E-state index in [-0.39, 0.29) is 17.4 Å². The van der Waals surface area contributed by atoms with Crippen LogP contribution < -0.4 is 5.32 Å². The highest BCUT2D eigenvalue weighted by atomic mass is 32.2. The first-order chi connectivity index (χ1) is 13.5. The molecule has 1 aromatic carbocycles. The molecule has 0 spiro atoms. The molecule has 0 aliphatic heterocycles. The maximum atomic E-state index is 12.4. The van der Waals surface area contributed by atoms with E-state index in [9.17, 15) is 14.4 Å². The van der Waals surface area contributed by atoms with Gasteiger partial charge in [-0.05, 0) is 36.3 Å². The molecule has 2 aromatic rings. The Kier molecular flexibility index (Phi) is 6.74. The third-order valence-electron chi connectivity index (χ3n) is 4.64. The molecule has 6 nitrogen and oxygen atoms in total. The average molecular weight is 420 g/mol. The van der Waals surface area contributed by atoms with Crippen LogP contribution in [0.3, 0.4) is 0 Å². The van der Waals surface area contributed by atoms with Crippen LogP contribution >= 0.6 is 23.1 Å². The van der Waals surface area contributed by atoms with Gasteiger partial charge in [0.05, 0.1) is 24.2 Å². The largest absolute Gasteiger partial charge is 0.481 e. The van der Waals surface area contributed by atoms with E-state index in [0.717, 1.165) is 41.5 Å². The topological polar surface area (TPSA) is 92.7 Å². The number of methoxy groups -OCH3 is 1. The number of ether oxygens (including phenoxy) is 1. The van der Waals surface area contributed by atoms with Crippen molar-refractivity contribution in [1.82, 2.24) is 0 Å². The summed E-state index contributed by atoms with van der Waals surface area (Å²) in [6.45, 7) is 0. The Morgan fingerprint density at radius 3 is 2.68 bits per heavy atom. The van der Waals surface area contributed by atoms with Crippen LogP contribution in [0.15, 0.2) is 30.3 Å². The maximum absolute atomic E-state index is 12.4. The van der Waals surface area contributed by atoms with Crippen molar-refractivity contribution in [2.75, 3.05) is 23.9 Å². The van der Waals surface area contributed by atoms with E-state index in [2.05, 4.69) is 17.4 Å². The number of rotatable bonds is 7. The van der Waals surface area contributed by atoms with Crippen molar-refractivity contribution in [3.05, 3.63) is 51.9 Å². The first-order valence-corrected chi connectivity index (χ1v) is 10.8. The lowest BCUT2D eigenvalue weighted by atomic mass is 9.83. The SMILES string of the molecule is COC(=O)c1c(NC(=O)CSCC(=O)O)sc2c1CC[C@H](c1ccccc1)C2. The van der Waals surface area contributed by atoms with Crippen LogP contribution in [0.2, 0.25) is 0 Å². The van der Waals surface area contributed by atoms with Gasteiger partial charge in [-0.25, -0.2) is 4.79 Å². The smallest absolute Gasteiger partial charge is 0.341 e. The maximum Gasteiger partial charge on any atom is 0.341 e. The van der Waals surface area contributed by atoms with Crippen LogP contribution in [0.5, 0.6) is 0 Å². The third-order valence-corrected chi connectivity index (χ3v) is 6.72. The highest BCUT2D eigenvalue weighted by Crippen LogP contribution is 2.42. The van der Waals surface area contributed by atoms with Crippen molar-refractivity contribution >= 4 is 45.9 Å². The molecule has 0 bridgehead atoms. The number of carboxylic acids is 1. The van der Waals surface area contributed by atoms with E-state index in [4.69, 9.17) is 9.84 Å². The predicted molar refractivity (Wildman–Crippen MR) is 110 cm³/mol. The number of hydrogen-bond acceptors (Lipinski definition) is 6. The Labute approximate surface area is 171 Å². The Balaban J connectivity index is 1.80. The van der Waals surface area contributed by atoms with Crippen LogP contribution in [-0.2, 0) is 27.2 Å². The number of aliphatic carboxylic acids is 1. The van der Waals surface area contributed by atoms with Crippen molar-refractivity contribution in [2.45, 2.75) is 25.2 Å². The summed E-state index contributed by atoms with van der Waals surface area (Å²) in [6, 6.07) is 10.3. The minimum atomic E-state index is -0.966. The number of esters is 1. The normalized spacial score (nSPS) is 15.5. The lowest BCUT2D eigenvalue weighted by molar-refractivity contribution is -0.133. The third kappa shape index (κ3) is 4.74. The van der Waals surface area contributed by atoms with Crippen molar-refractivity contribution in [2.24, 2.45) is 0 Å². The van der Waals surface area contributed by atoms with Crippen molar-refractivity contribution < 1.29 is 24.2 Å². The fourth-order valence-corrected chi connectivity index (χ4v) is 5.26. The lowest BCUT2D eigenvalue weighted by Crippen LogP contribution is -2.18. The minimum absolute atomic E-state index is 0.0160. The molecule has 0 saturated carbocycles. The summed E-state index contributed by atoms with van der Waals surface area (Å²) in [5.41, 5.74) is 2.67. The highest BCUT2D eigenvalue weighted by molar-refractivity contribution is 8.00. The Bertz CT molecular complexity index is 878. The molecule has 0 saturated heterocycles. The molecular weight excluding hydrogens is 398 g/mol. The molecule has 1 heterocycles. The number of amides is 1. The summed E-state index contributed by atoms with van der Waals surface area (Å²) in [5, 5.41) is 12.0. The molecule has 28 heavy (non-hydrogen) atoms. The monoisotopic (exact) mass is 419 g/mol. The van der Waals surface area contributed by atoms with Crippen LogP contribution in [0.25, 0.3) is 0 Å². The number of thioether (sulfide) groups is 1. The zero-order chi connectivity index (χ0) is 20.1. The van der Waals surface area contributed by atoms with E-state index < -0.39 is 11.9 Å². The van der Waals surface area contributed by atoms with E-state index in [1.807, 2.05) is 18.2 Å². The zero-order valence-electron chi connectivity index (χ0n) is 15.4. The number of nitrogens with one attached hydrogen (secondary N) is 1. The molecule has 1 amide bonds. The van der Waals surface area contributed by atoms with Gasteiger partial charge in [0.25, 0.3) is 0 Å². The summed E-state index contributed by atoms with van der Waals surface area (Å²) in [5.74, 6) is -1.49. The molecule has 1 aliphatic rings. The van der Waals surface area contributed by atoms with Gasteiger partial charge in [-0.15, -0.1) is 23.1 Å². The molecule has 148 valence electrons. The van der Waals surface area contributed by atoms with Gasteiger partial charge in [-0.1, -0.05) is 30.3 Å². The number of carbonyl (C=O) groups excluding carboxylic acids is 2. The average Bonchev–Trinajstić information content (AvgIpc) is 3.04. The number of carboxylic acid groups (broad SMARTS) is 1. The van der Waals surface area contributed by atoms with Crippen molar-refractivity contribution in [1.29, 1.82) is 0 Å². The second kappa shape index (κ2) is 9.25. The van der Waals surface area contributed by atoms with Crippen LogP contribution in [0.1, 0.15) is 38.7 Å². The number of carbonyl (C=O) groups is 3. The summed E-state index contributed by atoms with van der Waals surface area (Å²) >= 11 is 2.43. The van der Waals surface area contributed by atoms with Crippen molar-refractivity contribution in [3.8, 4) is 0 Å². The van der Waals surface area contributed by atoms with Crippen LogP contribution in [-0.4, -0.2) is 41.6 Å². The molecule has 0 radical (unpaired) electrons. The number of thiophene rings is 1. The summed E-state index contributed by atoms with van der Waals surface area (Å²) in [4.78, 5) is 36.2. The molecule has 1 aliphatic carbocycles. The van der Waals surface area contributed by atoms with Gasteiger partial charge in [0, 0.05) is 4.88 Å². The van der Waals surface area contributed by atoms with E-state index >= 15 is 0 Å². The fourth-order valence-electron chi connectivity index (χ4n) is 3.40. The van der Waals surface area contributed by atoms with Crippen LogP contribution in [0.4, 0.5) is 5.00 Å². The molecule has 1 aromatic heterocycles. The summed E-state index contributed by atoms with van der Waals surface area (Å²) < 4.78 is 4.94.